The molecule has 0 spiro atoms. The van der Waals surface area contributed by atoms with E-state index in [4.69, 9.17) is 16.7 Å². The second-order valence-corrected chi connectivity index (χ2v) is 4.66. The number of aliphatic carboxylic acids is 1. The molecule has 15 heavy (non-hydrogen) atoms. The molecule has 78 valence electrons. The minimum atomic E-state index is -0.899. The van der Waals surface area contributed by atoms with Crippen LogP contribution in [0.25, 0.3) is 5.65 Å². The van der Waals surface area contributed by atoms with E-state index in [1.54, 1.807) is 16.7 Å². The maximum Gasteiger partial charge on any atom is 0.309 e. The van der Waals surface area contributed by atoms with E-state index >= 15 is 0 Å². The molecule has 2 aromatic heterocycles. The van der Waals surface area contributed by atoms with E-state index in [0.717, 1.165) is 3.57 Å². The Bertz CT molecular complexity index is 538. The largest absolute Gasteiger partial charge is 0.481 e. The number of nitrogens with zero attached hydrogens (tertiary/aromatic N) is 2. The third-order valence-electron chi connectivity index (χ3n) is 1.87. The lowest BCUT2D eigenvalue weighted by Crippen LogP contribution is -1.99. The zero-order chi connectivity index (χ0) is 11.0. The number of aromatic nitrogens is 2. The van der Waals surface area contributed by atoms with Crippen LogP contribution in [-0.4, -0.2) is 20.5 Å². The van der Waals surface area contributed by atoms with Crippen LogP contribution in [0, 0.1) is 3.57 Å². The Morgan fingerprint density at radius 1 is 1.60 bits per heavy atom. The Labute approximate surface area is 104 Å². The van der Waals surface area contributed by atoms with E-state index in [9.17, 15) is 4.79 Å². The van der Waals surface area contributed by atoms with Gasteiger partial charge in [0, 0.05) is 9.77 Å². The number of fused-ring (bicyclic) bond motifs is 1. The summed E-state index contributed by atoms with van der Waals surface area (Å²) in [4.78, 5) is 14.7. The molecule has 4 nitrogen and oxygen atoms in total. The van der Waals surface area contributed by atoms with E-state index in [-0.39, 0.29) is 6.42 Å². The van der Waals surface area contributed by atoms with Gasteiger partial charge in [0.2, 0.25) is 0 Å². The number of carboxylic acid groups (broad SMARTS) is 1. The number of hydrogen-bond acceptors (Lipinski definition) is 2. The highest BCUT2D eigenvalue weighted by atomic mass is 127. The second kappa shape index (κ2) is 3.97. The van der Waals surface area contributed by atoms with Gasteiger partial charge in [0.15, 0.2) is 0 Å². The fourth-order valence-corrected chi connectivity index (χ4v) is 2.32. The number of pyridine rings is 1. The standard InChI is InChI=1S/C9H6ClIN2O2/c10-7-1-5(11)2-8-12-6(3-9(14)15)4-13(7)8/h1-2,4H,3H2,(H,14,15). The summed E-state index contributed by atoms with van der Waals surface area (Å²) in [6.07, 6.45) is 1.55. The molecule has 0 radical (unpaired) electrons. The SMILES string of the molecule is O=C(O)Cc1cn2c(Cl)cc(I)cc2n1. The molecule has 0 aliphatic rings. The van der Waals surface area contributed by atoms with E-state index in [1.165, 1.54) is 0 Å². The van der Waals surface area contributed by atoms with Crippen molar-refractivity contribution in [2.75, 3.05) is 0 Å². The topological polar surface area (TPSA) is 54.6 Å². The second-order valence-electron chi connectivity index (χ2n) is 3.03. The Morgan fingerprint density at radius 3 is 3.00 bits per heavy atom. The van der Waals surface area contributed by atoms with Gasteiger partial charge in [-0.1, -0.05) is 11.6 Å². The van der Waals surface area contributed by atoms with E-state index < -0.39 is 5.97 Å². The van der Waals surface area contributed by atoms with Gasteiger partial charge in [0.05, 0.1) is 12.1 Å². The molecule has 0 aromatic carbocycles. The number of rotatable bonds is 2. The van der Waals surface area contributed by atoms with Crippen LogP contribution in [-0.2, 0) is 11.2 Å². The van der Waals surface area contributed by atoms with Crippen molar-refractivity contribution >= 4 is 45.8 Å². The highest BCUT2D eigenvalue weighted by Crippen LogP contribution is 2.18. The van der Waals surface area contributed by atoms with Gasteiger partial charge in [0.1, 0.15) is 10.8 Å². The summed E-state index contributed by atoms with van der Waals surface area (Å²) in [6.45, 7) is 0. The fraction of sp³-hybridized carbons (Fsp3) is 0.111. The van der Waals surface area contributed by atoms with Gasteiger partial charge in [0.25, 0.3) is 0 Å². The number of carbonyl (C=O) groups is 1. The molecule has 0 aliphatic heterocycles. The first-order valence-electron chi connectivity index (χ1n) is 4.11. The molecule has 0 aliphatic carbocycles. The molecule has 0 amide bonds. The van der Waals surface area contributed by atoms with Crippen molar-refractivity contribution in [2.45, 2.75) is 6.42 Å². The molecular formula is C9H6ClIN2O2. The molecule has 2 aromatic rings. The van der Waals surface area contributed by atoms with Crippen LogP contribution in [0.3, 0.4) is 0 Å². The van der Waals surface area contributed by atoms with Crippen molar-refractivity contribution < 1.29 is 9.90 Å². The molecular weight excluding hydrogens is 330 g/mol. The first-order valence-corrected chi connectivity index (χ1v) is 5.57. The zero-order valence-corrected chi connectivity index (χ0v) is 10.4. The first-order chi connectivity index (χ1) is 7.06. The minimum absolute atomic E-state index is 0.0887. The number of hydrogen-bond donors (Lipinski definition) is 1. The van der Waals surface area contributed by atoms with Gasteiger partial charge >= 0.3 is 5.97 Å². The number of carboxylic acids is 1. The van der Waals surface area contributed by atoms with Gasteiger partial charge in [-0.15, -0.1) is 0 Å². The van der Waals surface area contributed by atoms with Gasteiger partial charge in [-0.3, -0.25) is 9.20 Å². The third-order valence-corrected chi connectivity index (χ3v) is 2.78. The lowest BCUT2D eigenvalue weighted by atomic mass is 10.3. The molecule has 0 unspecified atom stereocenters. The van der Waals surface area contributed by atoms with Crippen LogP contribution in [0.2, 0.25) is 5.15 Å². The van der Waals surface area contributed by atoms with Crippen molar-refractivity contribution in [3.63, 3.8) is 0 Å². The Morgan fingerprint density at radius 2 is 2.33 bits per heavy atom. The average molecular weight is 337 g/mol. The maximum absolute atomic E-state index is 10.5. The molecule has 0 fully saturated rings. The van der Waals surface area contributed by atoms with Gasteiger partial charge in [-0.25, -0.2) is 4.98 Å². The van der Waals surface area contributed by atoms with Gasteiger partial charge < -0.3 is 5.11 Å². The van der Waals surface area contributed by atoms with Crippen LogP contribution in [0.15, 0.2) is 18.3 Å². The number of halogens is 2. The molecule has 0 saturated heterocycles. The smallest absolute Gasteiger partial charge is 0.309 e. The van der Waals surface area contributed by atoms with Crippen molar-refractivity contribution in [3.8, 4) is 0 Å². The summed E-state index contributed by atoms with van der Waals surface area (Å²) in [6, 6.07) is 3.64. The van der Waals surface area contributed by atoms with Crippen LogP contribution >= 0.6 is 34.2 Å². The maximum atomic E-state index is 10.5. The summed E-state index contributed by atoms with van der Waals surface area (Å²) in [5.74, 6) is -0.899. The quantitative estimate of drug-likeness (QED) is 0.676. The number of imidazole rings is 1. The summed E-state index contributed by atoms with van der Waals surface area (Å²) in [7, 11) is 0. The highest BCUT2D eigenvalue weighted by molar-refractivity contribution is 14.1. The van der Waals surface area contributed by atoms with Crippen LogP contribution < -0.4 is 0 Å². The first kappa shape index (κ1) is 10.7. The molecule has 2 rings (SSSR count). The summed E-state index contributed by atoms with van der Waals surface area (Å²) in [5.41, 5.74) is 1.18. The van der Waals surface area contributed by atoms with Crippen LogP contribution in [0.4, 0.5) is 0 Å². The van der Waals surface area contributed by atoms with E-state index in [1.807, 2.05) is 6.07 Å². The molecule has 0 atom stereocenters. The monoisotopic (exact) mass is 336 g/mol. The predicted octanol–water partition coefficient (Wildman–Crippen LogP) is 2.22. The highest BCUT2D eigenvalue weighted by Gasteiger charge is 2.08. The van der Waals surface area contributed by atoms with E-state index in [2.05, 4.69) is 27.6 Å². The van der Waals surface area contributed by atoms with Gasteiger partial charge in [-0.05, 0) is 34.7 Å². The summed E-state index contributed by atoms with van der Waals surface area (Å²) < 4.78 is 2.64. The van der Waals surface area contributed by atoms with Crippen LogP contribution in [0.5, 0.6) is 0 Å². The minimum Gasteiger partial charge on any atom is -0.481 e. The van der Waals surface area contributed by atoms with Crippen LogP contribution in [0.1, 0.15) is 5.69 Å². The lowest BCUT2D eigenvalue weighted by molar-refractivity contribution is -0.136. The van der Waals surface area contributed by atoms with Crippen molar-refractivity contribution in [1.82, 2.24) is 9.38 Å². The molecule has 6 heteroatoms. The Hall–Kier alpha value is -0.820. The third kappa shape index (κ3) is 2.23. The Kier molecular flexibility index (Phi) is 2.83. The zero-order valence-electron chi connectivity index (χ0n) is 7.44. The van der Waals surface area contributed by atoms with E-state index in [0.29, 0.717) is 16.5 Å². The molecule has 0 bridgehead atoms. The van der Waals surface area contributed by atoms with Crippen molar-refractivity contribution in [3.05, 3.63) is 32.7 Å². The normalized spacial score (nSPS) is 10.8. The lowest BCUT2D eigenvalue weighted by Gasteiger charge is -1.96. The van der Waals surface area contributed by atoms with Crippen molar-refractivity contribution in [1.29, 1.82) is 0 Å². The molecule has 0 saturated carbocycles. The Balaban J connectivity index is 2.55. The van der Waals surface area contributed by atoms with Crippen molar-refractivity contribution in [2.24, 2.45) is 0 Å². The summed E-state index contributed by atoms with van der Waals surface area (Å²) >= 11 is 8.12. The summed E-state index contributed by atoms with van der Waals surface area (Å²) in [5, 5.41) is 9.16. The fourth-order valence-electron chi connectivity index (χ4n) is 1.31. The molecule has 2 heterocycles. The average Bonchev–Trinajstić information content (AvgIpc) is 2.45. The molecule has 1 N–H and O–H groups in total. The van der Waals surface area contributed by atoms with Gasteiger partial charge in [-0.2, -0.15) is 0 Å². The predicted molar refractivity (Wildman–Crippen MR) is 64.3 cm³/mol.